The molecule has 152 valence electrons. The highest BCUT2D eigenvalue weighted by molar-refractivity contribution is 8.00. The molecule has 1 N–H and O–H groups in total. The van der Waals surface area contributed by atoms with Gasteiger partial charge in [-0.05, 0) is 42.8 Å². The van der Waals surface area contributed by atoms with Crippen molar-refractivity contribution >= 4 is 23.2 Å². The first kappa shape index (κ1) is 20.0. The molecular formula is C23H22N4O2S. The van der Waals surface area contributed by atoms with Crippen molar-refractivity contribution in [3.63, 3.8) is 0 Å². The Kier molecular flexibility index (Phi) is 5.99. The van der Waals surface area contributed by atoms with Crippen LogP contribution in [0, 0.1) is 6.92 Å². The molecule has 1 amide bonds. The van der Waals surface area contributed by atoms with E-state index < -0.39 is 0 Å². The number of aromatic nitrogens is 3. The summed E-state index contributed by atoms with van der Waals surface area (Å²) in [5.74, 6) is 1.07. The molecule has 0 bridgehead atoms. The number of hydrogen-bond acceptors (Lipinski definition) is 5. The van der Waals surface area contributed by atoms with Crippen LogP contribution in [-0.4, -0.2) is 33.4 Å². The molecule has 30 heavy (non-hydrogen) atoms. The monoisotopic (exact) mass is 418 g/mol. The first-order chi connectivity index (χ1) is 14.6. The quantitative estimate of drug-likeness (QED) is 0.457. The number of methoxy groups -OCH3 is 1. The zero-order chi connectivity index (χ0) is 20.9. The van der Waals surface area contributed by atoms with E-state index >= 15 is 0 Å². The van der Waals surface area contributed by atoms with Gasteiger partial charge in [-0.1, -0.05) is 41.6 Å². The SMILES string of the molecule is COc1ccc(-c2cc3c(SCC(=O)NCc4ccc(C)cc4)nccn3n2)cc1. The lowest BCUT2D eigenvalue weighted by molar-refractivity contribution is -0.118. The van der Waals surface area contributed by atoms with Crippen LogP contribution in [0.5, 0.6) is 5.75 Å². The van der Waals surface area contributed by atoms with Gasteiger partial charge in [0.05, 0.1) is 24.1 Å². The minimum atomic E-state index is -0.0285. The molecule has 0 saturated carbocycles. The van der Waals surface area contributed by atoms with Gasteiger partial charge in [0, 0.05) is 24.5 Å². The molecule has 0 fully saturated rings. The minimum Gasteiger partial charge on any atom is -0.497 e. The van der Waals surface area contributed by atoms with Gasteiger partial charge in [0.2, 0.25) is 5.91 Å². The second kappa shape index (κ2) is 9.00. The number of thioether (sulfide) groups is 1. The van der Waals surface area contributed by atoms with Gasteiger partial charge >= 0.3 is 0 Å². The second-order valence-corrected chi connectivity index (χ2v) is 7.84. The van der Waals surface area contributed by atoms with Crippen LogP contribution in [0.25, 0.3) is 16.8 Å². The molecule has 0 aliphatic rings. The number of nitrogens with zero attached hydrogens (tertiary/aromatic N) is 3. The van der Waals surface area contributed by atoms with Crippen LogP contribution in [-0.2, 0) is 11.3 Å². The number of fused-ring (bicyclic) bond motifs is 1. The van der Waals surface area contributed by atoms with Crippen LogP contribution in [0.15, 0.2) is 72.0 Å². The number of benzene rings is 2. The first-order valence-electron chi connectivity index (χ1n) is 9.56. The van der Waals surface area contributed by atoms with Crippen LogP contribution in [0.3, 0.4) is 0 Å². The molecule has 4 aromatic rings. The molecule has 0 aliphatic heterocycles. The molecule has 0 atom stereocenters. The number of carbonyl (C=O) groups is 1. The number of nitrogens with one attached hydrogen (secondary N) is 1. The van der Waals surface area contributed by atoms with Crippen LogP contribution >= 0.6 is 11.8 Å². The van der Waals surface area contributed by atoms with Gasteiger partial charge < -0.3 is 10.1 Å². The van der Waals surface area contributed by atoms with Crippen molar-refractivity contribution in [1.29, 1.82) is 0 Å². The Morgan fingerprint density at radius 1 is 1.13 bits per heavy atom. The largest absolute Gasteiger partial charge is 0.497 e. The summed E-state index contributed by atoms with van der Waals surface area (Å²) < 4.78 is 7.00. The van der Waals surface area contributed by atoms with Gasteiger partial charge in [0.15, 0.2) is 0 Å². The fourth-order valence-corrected chi connectivity index (χ4v) is 3.81. The summed E-state index contributed by atoms with van der Waals surface area (Å²) >= 11 is 1.41. The zero-order valence-electron chi connectivity index (χ0n) is 16.8. The third-order valence-corrected chi connectivity index (χ3v) is 5.69. The molecule has 4 rings (SSSR count). The summed E-state index contributed by atoms with van der Waals surface area (Å²) in [7, 11) is 1.64. The topological polar surface area (TPSA) is 68.5 Å². The molecule has 2 aromatic heterocycles. The normalized spacial score (nSPS) is 10.9. The average Bonchev–Trinajstić information content (AvgIpc) is 3.22. The molecule has 2 aromatic carbocycles. The van der Waals surface area contributed by atoms with E-state index in [9.17, 15) is 4.79 Å². The Hall–Kier alpha value is -3.32. The Morgan fingerprint density at radius 3 is 2.63 bits per heavy atom. The summed E-state index contributed by atoms with van der Waals surface area (Å²) in [6, 6.07) is 17.9. The molecule has 2 heterocycles. The number of carbonyl (C=O) groups excluding carboxylic acids is 1. The van der Waals surface area contributed by atoms with E-state index in [1.54, 1.807) is 17.8 Å². The first-order valence-corrected chi connectivity index (χ1v) is 10.5. The van der Waals surface area contributed by atoms with Crippen LogP contribution in [0.4, 0.5) is 0 Å². The third-order valence-electron chi connectivity index (χ3n) is 4.69. The van der Waals surface area contributed by atoms with Crippen molar-refractivity contribution in [3.05, 3.63) is 78.1 Å². The van der Waals surface area contributed by atoms with E-state index in [-0.39, 0.29) is 5.91 Å². The van der Waals surface area contributed by atoms with Crippen molar-refractivity contribution in [2.24, 2.45) is 0 Å². The van der Waals surface area contributed by atoms with Crippen molar-refractivity contribution in [2.75, 3.05) is 12.9 Å². The average molecular weight is 419 g/mol. The number of hydrogen-bond donors (Lipinski definition) is 1. The lowest BCUT2D eigenvalue weighted by Gasteiger charge is -2.06. The Morgan fingerprint density at radius 2 is 1.90 bits per heavy atom. The van der Waals surface area contributed by atoms with Crippen molar-refractivity contribution in [2.45, 2.75) is 18.5 Å². The number of amides is 1. The lowest BCUT2D eigenvalue weighted by Crippen LogP contribution is -2.24. The van der Waals surface area contributed by atoms with E-state index in [0.29, 0.717) is 12.3 Å². The molecule has 0 aliphatic carbocycles. The minimum absolute atomic E-state index is 0.0285. The molecule has 0 radical (unpaired) electrons. The molecule has 0 unspecified atom stereocenters. The smallest absolute Gasteiger partial charge is 0.230 e. The number of ether oxygens (including phenoxy) is 1. The summed E-state index contributed by atoms with van der Waals surface area (Å²) in [6.45, 7) is 2.56. The Balaban J connectivity index is 1.42. The summed E-state index contributed by atoms with van der Waals surface area (Å²) in [4.78, 5) is 16.7. The van der Waals surface area contributed by atoms with Crippen LogP contribution < -0.4 is 10.1 Å². The van der Waals surface area contributed by atoms with E-state index in [0.717, 1.165) is 33.1 Å². The van der Waals surface area contributed by atoms with E-state index in [1.165, 1.54) is 17.3 Å². The lowest BCUT2D eigenvalue weighted by atomic mass is 10.1. The Bertz CT molecular complexity index is 1150. The van der Waals surface area contributed by atoms with Crippen molar-refractivity contribution < 1.29 is 9.53 Å². The second-order valence-electron chi connectivity index (χ2n) is 6.87. The van der Waals surface area contributed by atoms with Gasteiger partial charge in [-0.2, -0.15) is 5.10 Å². The summed E-state index contributed by atoms with van der Waals surface area (Å²) in [6.07, 6.45) is 3.51. The van der Waals surface area contributed by atoms with Gasteiger partial charge in [0.25, 0.3) is 0 Å². The van der Waals surface area contributed by atoms with Crippen molar-refractivity contribution in [1.82, 2.24) is 19.9 Å². The fourth-order valence-electron chi connectivity index (χ4n) is 3.00. The van der Waals surface area contributed by atoms with E-state index in [4.69, 9.17) is 4.74 Å². The highest BCUT2D eigenvalue weighted by Crippen LogP contribution is 2.27. The molecule has 0 saturated heterocycles. The third kappa shape index (κ3) is 4.63. The van der Waals surface area contributed by atoms with Gasteiger partial charge in [0.1, 0.15) is 10.8 Å². The van der Waals surface area contributed by atoms with E-state index in [2.05, 4.69) is 15.4 Å². The predicted octanol–water partition coefficient (Wildman–Crippen LogP) is 4.12. The van der Waals surface area contributed by atoms with Gasteiger partial charge in [-0.15, -0.1) is 0 Å². The Labute approximate surface area is 179 Å². The summed E-state index contributed by atoms with van der Waals surface area (Å²) in [5, 5.41) is 8.36. The van der Waals surface area contributed by atoms with Crippen LogP contribution in [0.2, 0.25) is 0 Å². The summed E-state index contributed by atoms with van der Waals surface area (Å²) in [5.41, 5.74) is 5.00. The van der Waals surface area contributed by atoms with Crippen LogP contribution in [0.1, 0.15) is 11.1 Å². The maximum absolute atomic E-state index is 12.3. The predicted molar refractivity (Wildman–Crippen MR) is 119 cm³/mol. The molecule has 7 heteroatoms. The maximum Gasteiger partial charge on any atom is 0.230 e. The zero-order valence-corrected chi connectivity index (χ0v) is 17.6. The molecule has 6 nitrogen and oxygen atoms in total. The molecule has 0 spiro atoms. The highest BCUT2D eigenvalue weighted by Gasteiger charge is 2.11. The number of rotatable bonds is 7. The highest BCUT2D eigenvalue weighted by atomic mass is 32.2. The van der Waals surface area contributed by atoms with E-state index in [1.807, 2.05) is 67.7 Å². The van der Waals surface area contributed by atoms with Gasteiger partial charge in [-0.3, -0.25) is 4.79 Å². The molecular weight excluding hydrogens is 396 g/mol. The van der Waals surface area contributed by atoms with Crippen molar-refractivity contribution in [3.8, 4) is 17.0 Å². The maximum atomic E-state index is 12.3. The fraction of sp³-hybridized carbons (Fsp3) is 0.174. The number of aryl methyl sites for hydroxylation is 1. The standard InChI is InChI=1S/C23H22N4O2S/c1-16-3-5-17(6-4-16)14-25-22(28)15-30-23-21-13-20(26-27(21)12-11-24-23)18-7-9-19(29-2)10-8-18/h3-13H,14-15H2,1-2H3,(H,25,28). The van der Waals surface area contributed by atoms with Gasteiger partial charge in [-0.25, -0.2) is 9.50 Å².